The zero-order valence-electron chi connectivity index (χ0n) is 8.32. The highest BCUT2D eigenvalue weighted by Gasteiger charge is 2.48. The summed E-state index contributed by atoms with van der Waals surface area (Å²) in [5.74, 6) is 0.817. The molecule has 1 heterocycles. The molecule has 0 aromatic heterocycles. The van der Waals surface area contributed by atoms with Crippen LogP contribution >= 0.6 is 0 Å². The molecule has 0 aromatic carbocycles. The summed E-state index contributed by atoms with van der Waals surface area (Å²) in [7, 11) is 1.82. The van der Waals surface area contributed by atoms with E-state index in [1.54, 1.807) is 11.8 Å². The number of hydrogen-bond donors (Lipinski definition) is 0. The zero-order valence-corrected chi connectivity index (χ0v) is 8.32. The highest BCUT2D eigenvalue weighted by atomic mass is 16.6. The van der Waals surface area contributed by atoms with Crippen LogP contribution in [0.3, 0.4) is 0 Å². The molecule has 1 aliphatic carbocycles. The topological polar surface area (TPSA) is 32.8 Å². The summed E-state index contributed by atoms with van der Waals surface area (Å²) in [4.78, 5) is 12.7. The van der Waals surface area contributed by atoms with Crippen LogP contribution in [0.5, 0.6) is 0 Å². The van der Waals surface area contributed by atoms with Crippen molar-refractivity contribution in [2.24, 2.45) is 5.92 Å². The van der Waals surface area contributed by atoms with Gasteiger partial charge >= 0.3 is 0 Å². The van der Waals surface area contributed by atoms with Gasteiger partial charge in [0, 0.05) is 14.0 Å². The average Bonchev–Trinajstić information content (AvgIpc) is 2.71. The van der Waals surface area contributed by atoms with Gasteiger partial charge < -0.3 is 9.64 Å². The van der Waals surface area contributed by atoms with E-state index in [1.165, 1.54) is 25.7 Å². The van der Waals surface area contributed by atoms with Crippen LogP contribution in [0, 0.1) is 5.92 Å². The number of likely N-dealkylation sites (N-methyl/N-ethyl adjacent to an activating group) is 1. The first-order chi connectivity index (χ1) is 6.20. The third-order valence-corrected chi connectivity index (χ3v) is 3.24. The molecule has 2 aliphatic rings. The number of ether oxygens (including phenoxy) is 1. The molecule has 2 rings (SSSR count). The monoisotopic (exact) mass is 183 g/mol. The van der Waals surface area contributed by atoms with Crippen LogP contribution in [0.2, 0.25) is 0 Å². The van der Waals surface area contributed by atoms with E-state index in [0.717, 1.165) is 0 Å². The van der Waals surface area contributed by atoms with Crippen LogP contribution in [-0.4, -0.2) is 30.2 Å². The molecule has 0 N–H and O–H groups in total. The molecule has 3 heteroatoms. The minimum absolute atomic E-state index is 0.0839. The van der Waals surface area contributed by atoms with Crippen LogP contribution in [0.1, 0.15) is 32.6 Å². The Labute approximate surface area is 79.0 Å². The van der Waals surface area contributed by atoms with Crippen molar-refractivity contribution in [2.75, 3.05) is 7.05 Å². The second-order valence-electron chi connectivity index (χ2n) is 4.17. The molecule has 74 valence electrons. The van der Waals surface area contributed by atoms with Crippen molar-refractivity contribution in [2.45, 2.75) is 44.9 Å². The van der Waals surface area contributed by atoms with Gasteiger partial charge in [0.2, 0.25) is 5.91 Å². The number of amides is 1. The molecule has 1 aliphatic heterocycles. The van der Waals surface area contributed by atoms with Crippen LogP contribution in [0.15, 0.2) is 0 Å². The van der Waals surface area contributed by atoms with Crippen LogP contribution < -0.4 is 0 Å². The van der Waals surface area contributed by atoms with Gasteiger partial charge in [-0.2, -0.15) is 0 Å². The second-order valence-corrected chi connectivity index (χ2v) is 4.17. The Morgan fingerprint density at radius 1 is 1.38 bits per heavy atom. The van der Waals surface area contributed by atoms with Gasteiger partial charge in [-0.25, -0.2) is 0 Å². The SMILES string of the molecule is CC(=O)N(C)C1OC1C1CCCC1. The molecule has 1 saturated heterocycles. The highest BCUT2D eigenvalue weighted by molar-refractivity contribution is 5.73. The summed E-state index contributed by atoms with van der Waals surface area (Å²) in [5, 5.41) is 0. The molecule has 1 saturated carbocycles. The predicted molar refractivity (Wildman–Crippen MR) is 49.1 cm³/mol. The van der Waals surface area contributed by atoms with Crippen molar-refractivity contribution < 1.29 is 9.53 Å². The molecule has 2 atom stereocenters. The first-order valence-electron chi connectivity index (χ1n) is 5.09. The first kappa shape index (κ1) is 9.00. The van der Waals surface area contributed by atoms with Crippen molar-refractivity contribution in [3.05, 3.63) is 0 Å². The first-order valence-corrected chi connectivity index (χ1v) is 5.09. The van der Waals surface area contributed by atoms with Crippen LogP contribution in [0.4, 0.5) is 0 Å². The van der Waals surface area contributed by atoms with E-state index in [4.69, 9.17) is 4.74 Å². The van der Waals surface area contributed by atoms with E-state index in [-0.39, 0.29) is 12.1 Å². The fourth-order valence-electron chi connectivity index (χ4n) is 2.24. The summed E-state index contributed by atoms with van der Waals surface area (Å²) in [6.45, 7) is 1.59. The van der Waals surface area contributed by atoms with Crippen molar-refractivity contribution in [1.82, 2.24) is 4.90 Å². The molecule has 0 spiro atoms. The van der Waals surface area contributed by atoms with Gasteiger partial charge in [0.15, 0.2) is 6.23 Å². The van der Waals surface area contributed by atoms with Gasteiger partial charge in [0.05, 0.1) is 0 Å². The summed E-state index contributed by atoms with van der Waals surface area (Å²) in [6, 6.07) is 0. The fourth-order valence-corrected chi connectivity index (χ4v) is 2.24. The quantitative estimate of drug-likeness (QED) is 0.606. The lowest BCUT2D eigenvalue weighted by atomic mass is 10.0. The standard InChI is InChI=1S/C10H17NO2/c1-7(12)11(2)10-9(13-10)8-5-3-4-6-8/h8-10H,3-6H2,1-2H3. The Morgan fingerprint density at radius 3 is 2.54 bits per heavy atom. The normalized spacial score (nSPS) is 33.4. The van der Waals surface area contributed by atoms with Gasteiger partial charge in [-0.1, -0.05) is 12.8 Å². The Morgan fingerprint density at radius 2 is 2.00 bits per heavy atom. The van der Waals surface area contributed by atoms with Crippen LogP contribution in [-0.2, 0) is 9.53 Å². The second kappa shape index (κ2) is 3.29. The predicted octanol–water partition coefficient (Wildman–Crippen LogP) is 1.38. The molecule has 1 amide bonds. The number of hydrogen-bond acceptors (Lipinski definition) is 2. The molecular formula is C10H17NO2. The lowest BCUT2D eigenvalue weighted by Crippen LogP contribution is -2.29. The lowest BCUT2D eigenvalue weighted by molar-refractivity contribution is -0.129. The molecule has 0 aromatic rings. The minimum atomic E-state index is 0.0839. The zero-order chi connectivity index (χ0) is 9.42. The smallest absolute Gasteiger partial charge is 0.221 e. The highest BCUT2D eigenvalue weighted by Crippen LogP contribution is 2.40. The van der Waals surface area contributed by atoms with Gasteiger partial charge in [0.1, 0.15) is 6.10 Å². The number of carbonyl (C=O) groups is 1. The maximum absolute atomic E-state index is 11.0. The number of epoxide rings is 1. The van der Waals surface area contributed by atoms with Crippen molar-refractivity contribution in [3.63, 3.8) is 0 Å². The van der Waals surface area contributed by atoms with Gasteiger partial charge in [-0.15, -0.1) is 0 Å². The summed E-state index contributed by atoms with van der Waals surface area (Å²) in [6.07, 6.45) is 5.67. The van der Waals surface area contributed by atoms with Crippen molar-refractivity contribution in [3.8, 4) is 0 Å². The van der Waals surface area contributed by atoms with E-state index < -0.39 is 0 Å². The molecule has 3 nitrogen and oxygen atoms in total. The van der Waals surface area contributed by atoms with Gasteiger partial charge in [-0.05, 0) is 18.8 Å². The van der Waals surface area contributed by atoms with Gasteiger partial charge in [0.25, 0.3) is 0 Å². The third-order valence-electron chi connectivity index (χ3n) is 3.24. The molecule has 2 fully saturated rings. The molecular weight excluding hydrogens is 166 g/mol. The molecule has 2 unspecified atom stereocenters. The largest absolute Gasteiger partial charge is 0.347 e. The van der Waals surface area contributed by atoms with Crippen LogP contribution in [0.25, 0.3) is 0 Å². The van der Waals surface area contributed by atoms with E-state index >= 15 is 0 Å². The Hall–Kier alpha value is -0.570. The lowest BCUT2D eigenvalue weighted by Gasteiger charge is -2.12. The van der Waals surface area contributed by atoms with E-state index in [9.17, 15) is 4.79 Å². The number of carbonyl (C=O) groups excluding carboxylic acids is 1. The summed E-state index contributed by atoms with van der Waals surface area (Å²) < 4.78 is 5.53. The third kappa shape index (κ3) is 1.70. The average molecular weight is 183 g/mol. The Balaban J connectivity index is 1.84. The van der Waals surface area contributed by atoms with Crippen molar-refractivity contribution >= 4 is 5.91 Å². The van der Waals surface area contributed by atoms with E-state index in [0.29, 0.717) is 12.0 Å². The van der Waals surface area contributed by atoms with Gasteiger partial charge in [-0.3, -0.25) is 4.79 Å². The molecule has 13 heavy (non-hydrogen) atoms. The fraction of sp³-hybridized carbons (Fsp3) is 0.900. The summed E-state index contributed by atoms with van der Waals surface area (Å²) in [5.41, 5.74) is 0. The Kier molecular flexibility index (Phi) is 2.28. The maximum atomic E-state index is 11.0. The van der Waals surface area contributed by atoms with Crippen molar-refractivity contribution in [1.29, 1.82) is 0 Å². The molecule has 0 bridgehead atoms. The minimum Gasteiger partial charge on any atom is -0.347 e. The summed E-state index contributed by atoms with van der Waals surface area (Å²) >= 11 is 0. The van der Waals surface area contributed by atoms with E-state index in [2.05, 4.69) is 0 Å². The molecule has 0 radical (unpaired) electrons. The number of nitrogens with zero attached hydrogens (tertiary/aromatic N) is 1. The number of rotatable bonds is 2. The Bertz CT molecular complexity index is 211. The maximum Gasteiger partial charge on any atom is 0.221 e. The van der Waals surface area contributed by atoms with E-state index in [1.807, 2.05) is 7.05 Å².